The first-order valence-electron chi connectivity index (χ1n) is 9.37. The number of hydrogen-bond acceptors (Lipinski definition) is 4. The first-order chi connectivity index (χ1) is 13.7. The van der Waals surface area contributed by atoms with Crippen molar-refractivity contribution in [3.05, 3.63) is 92.8 Å². The minimum absolute atomic E-state index is 0.0849. The summed E-state index contributed by atoms with van der Waals surface area (Å²) < 4.78 is 0. The van der Waals surface area contributed by atoms with Gasteiger partial charge in [0.25, 0.3) is 0 Å². The Kier molecular flexibility index (Phi) is 4.46. The van der Waals surface area contributed by atoms with Crippen LogP contribution in [0, 0.1) is 0 Å². The molecule has 0 unspecified atom stereocenters. The van der Waals surface area contributed by atoms with Crippen molar-refractivity contribution in [1.82, 2.24) is 0 Å². The predicted molar refractivity (Wildman–Crippen MR) is 116 cm³/mol. The molecular weight excluding hydrogens is 388 g/mol. The highest BCUT2D eigenvalue weighted by molar-refractivity contribution is 7.10. The molecule has 0 spiro atoms. The van der Waals surface area contributed by atoms with Crippen LogP contribution < -0.4 is 10.6 Å². The SMILES string of the molecule is O=C1C[C@@H](c2ccccc2Cl)CC2=C1[C@@H](c1cccs1)Nc1ccccc1N2. The Bertz CT molecular complexity index is 1070. The zero-order valence-electron chi connectivity index (χ0n) is 15.1. The molecule has 1 aromatic heterocycles. The fourth-order valence-electron chi connectivity index (χ4n) is 4.19. The Balaban J connectivity index is 1.62. The van der Waals surface area contributed by atoms with Crippen molar-refractivity contribution in [3.8, 4) is 0 Å². The van der Waals surface area contributed by atoms with E-state index in [-0.39, 0.29) is 17.7 Å². The zero-order chi connectivity index (χ0) is 19.1. The molecule has 0 bridgehead atoms. The molecule has 2 atom stereocenters. The van der Waals surface area contributed by atoms with Crippen molar-refractivity contribution in [2.75, 3.05) is 10.6 Å². The quantitative estimate of drug-likeness (QED) is 0.518. The third-order valence-electron chi connectivity index (χ3n) is 5.48. The molecule has 0 fully saturated rings. The Morgan fingerprint density at radius 3 is 2.50 bits per heavy atom. The summed E-state index contributed by atoms with van der Waals surface area (Å²) in [7, 11) is 0. The topological polar surface area (TPSA) is 41.1 Å². The number of benzene rings is 2. The lowest BCUT2D eigenvalue weighted by Crippen LogP contribution is -2.26. The van der Waals surface area contributed by atoms with E-state index in [0.29, 0.717) is 6.42 Å². The standard InChI is InChI=1S/C23H19ClN2OS/c24-16-7-2-1-6-15(16)14-12-19-22(20(27)13-14)23(21-10-5-11-28-21)26-18-9-4-3-8-17(18)25-19/h1-11,14,23,25-26H,12-13H2/t14-,23+/m0/s1. The highest BCUT2D eigenvalue weighted by atomic mass is 35.5. The molecule has 2 N–H and O–H groups in total. The maximum Gasteiger partial charge on any atom is 0.163 e. The molecule has 0 amide bonds. The first-order valence-corrected chi connectivity index (χ1v) is 10.6. The van der Waals surface area contributed by atoms with Gasteiger partial charge in [-0.3, -0.25) is 4.79 Å². The van der Waals surface area contributed by atoms with E-state index in [4.69, 9.17) is 11.6 Å². The number of Topliss-reactive ketones (excluding diaryl/α,β-unsaturated/α-hetero) is 1. The number of allylic oxidation sites excluding steroid dienone is 1. The van der Waals surface area contributed by atoms with Crippen LogP contribution in [0.25, 0.3) is 0 Å². The summed E-state index contributed by atoms with van der Waals surface area (Å²) in [6.45, 7) is 0. The Labute approximate surface area is 173 Å². The van der Waals surface area contributed by atoms with E-state index in [9.17, 15) is 4.79 Å². The maximum absolute atomic E-state index is 13.4. The number of thiophene rings is 1. The average Bonchev–Trinajstić information content (AvgIpc) is 3.17. The first kappa shape index (κ1) is 17.5. The predicted octanol–water partition coefficient (Wildman–Crippen LogP) is 6.38. The van der Waals surface area contributed by atoms with Gasteiger partial charge in [0.15, 0.2) is 5.78 Å². The van der Waals surface area contributed by atoms with Gasteiger partial charge in [-0.25, -0.2) is 0 Å². The number of ketones is 1. The lowest BCUT2D eigenvalue weighted by atomic mass is 9.79. The van der Waals surface area contributed by atoms with Gasteiger partial charge in [0.2, 0.25) is 0 Å². The largest absolute Gasteiger partial charge is 0.372 e. The number of fused-ring (bicyclic) bond motifs is 1. The van der Waals surface area contributed by atoms with E-state index in [1.165, 1.54) is 0 Å². The second kappa shape index (κ2) is 7.12. The molecule has 2 aliphatic rings. The van der Waals surface area contributed by atoms with Gasteiger partial charge in [0, 0.05) is 27.6 Å². The number of anilines is 2. The van der Waals surface area contributed by atoms with Crippen LogP contribution in [0.5, 0.6) is 0 Å². The lowest BCUT2D eigenvalue weighted by molar-refractivity contribution is -0.116. The normalized spacial score (nSPS) is 21.2. The fourth-order valence-corrected chi connectivity index (χ4v) is 5.26. The number of halogens is 1. The number of para-hydroxylation sites is 2. The summed E-state index contributed by atoms with van der Waals surface area (Å²) in [5.74, 6) is 0.263. The van der Waals surface area contributed by atoms with Crippen molar-refractivity contribution in [3.63, 3.8) is 0 Å². The second-order valence-electron chi connectivity index (χ2n) is 7.21. The molecule has 0 saturated carbocycles. The summed E-state index contributed by atoms with van der Waals surface area (Å²) >= 11 is 8.12. The summed E-state index contributed by atoms with van der Waals surface area (Å²) in [6.07, 6.45) is 1.24. The minimum Gasteiger partial charge on any atom is -0.372 e. The molecular formula is C23H19ClN2OS. The number of rotatable bonds is 2. The lowest BCUT2D eigenvalue weighted by Gasteiger charge is -2.29. The highest BCUT2D eigenvalue weighted by Gasteiger charge is 2.36. The van der Waals surface area contributed by atoms with Crippen LogP contribution in [0.3, 0.4) is 0 Å². The average molecular weight is 407 g/mol. The van der Waals surface area contributed by atoms with E-state index >= 15 is 0 Å². The van der Waals surface area contributed by atoms with E-state index in [0.717, 1.165) is 44.5 Å². The van der Waals surface area contributed by atoms with Gasteiger partial charge >= 0.3 is 0 Å². The summed E-state index contributed by atoms with van der Waals surface area (Å²) in [5.41, 5.74) is 4.90. The Morgan fingerprint density at radius 1 is 0.929 bits per heavy atom. The monoisotopic (exact) mass is 406 g/mol. The summed E-state index contributed by atoms with van der Waals surface area (Å²) in [5, 5.41) is 9.95. The third kappa shape index (κ3) is 3.03. The van der Waals surface area contributed by atoms with Crippen molar-refractivity contribution < 1.29 is 4.79 Å². The fraction of sp³-hybridized carbons (Fsp3) is 0.174. The van der Waals surface area contributed by atoms with Crippen LogP contribution >= 0.6 is 22.9 Å². The Morgan fingerprint density at radius 2 is 1.71 bits per heavy atom. The third-order valence-corrected chi connectivity index (χ3v) is 6.76. The van der Waals surface area contributed by atoms with Crippen LogP contribution in [0.1, 0.15) is 35.2 Å². The van der Waals surface area contributed by atoms with Gasteiger partial charge in [-0.15, -0.1) is 11.3 Å². The molecule has 1 aliphatic heterocycles. The number of nitrogens with one attached hydrogen (secondary N) is 2. The molecule has 0 saturated heterocycles. The minimum atomic E-state index is -0.133. The zero-order valence-corrected chi connectivity index (χ0v) is 16.7. The van der Waals surface area contributed by atoms with E-state index in [1.54, 1.807) is 11.3 Å². The van der Waals surface area contributed by atoms with Gasteiger partial charge in [-0.05, 0) is 47.5 Å². The molecule has 28 heavy (non-hydrogen) atoms. The van der Waals surface area contributed by atoms with Crippen molar-refractivity contribution >= 4 is 40.1 Å². The molecule has 3 nitrogen and oxygen atoms in total. The number of hydrogen-bond donors (Lipinski definition) is 2. The summed E-state index contributed by atoms with van der Waals surface area (Å²) in [6, 6.07) is 20.0. The van der Waals surface area contributed by atoms with E-state index in [1.807, 2.05) is 48.5 Å². The van der Waals surface area contributed by atoms with Gasteiger partial charge in [-0.1, -0.05) is 48.0 Å². The molecule has 2 aromatic carbocycles. The molecule has 5 rings (SSSR count). The van der Waals surface area contributed by atoms with Crippen LogP contribution in [-0.2, 0) is 4.79 Å². The molecule has 5 heteroatoms. The van der Waals surface area contributed by atoms with Crippen LogP contribution in [0.15, 0.2) is 77.3 Å². The second-order valence-corrected chi connectivity index (χ2v) is 8.59. The molecule has 140 valence electrons. The number of carbonyl (C=O) groups is 1. The molecule has 3 aromatic rings. The van der Waals surface area contributed by atoms with Gasteiger partial charge < -0.3 is 10.6 Å². The maximum atomic E-state index is 13.4. The Hall–Kier alpha value is -2.56. The van der Waals surface area contributed by atoms with Crippen LogP contribution in [0.2, 0.25) is 5.02 Å². The van der Waals surface area contributed by atoms with Crippen molar-refractivity contribution in [2.45, 2.75) is 24.8 Å². The van der Waals surface area contributed by atoms with Gasteiger partial charge in [0.1, 0.15) is 0 Å². The molecule has 0 radical (unpaired) electrons. The van der Waals surface area contributed by atoms with E-state index in [2.05, 4.69) is 28.1 Å². The van der Waals surface area contributed by atoms with E-state index < -0.39 is 0 Å². The van der Waals surface area contributed by atoms with Crippen LogP contribution in [0.4, 0.5) is 11.4 Å². The van der Waals surface area contributed by atoms with Gasteiger partial charge in [-0.2, -0.15) is 0 Å². The smallest absolute Gasteiger partial charge is 0.163 e. The van der Waals surface area contributed by atoms with Crippen molar-refractivity contribution in [2.24, 2.45) is 0 Å². The van der Waals surface area contributed by atoms with Gasteiger partial charge in [0.05, 0.1) is 17.4 Å². The molecule has 2 heterocycles. The number of carbonyl (C=O) groups excluding carboxylic acids is 1. The van der Waals surface area contributed by atoms with Crippen molar-refractivity contribution in [1.29, 1.82) is 0 Å². The van der Waals surface area contributed by atoms with Crippen LogP contribution in [-0.4, -0.2) is 5.78 Å². The summed E-state index contributed by atoms with van der Waals surface area (Å²) in [4.78, 5) is 14.5. The highest BCUT2D eigenvalue weighted by Crippen LogP contribution is 2.45. The molecule has 1 aliphatic carbocycles.